The predicted octanol–water partition coefficient (Wildman–Crippen LogP) is 3.22. The summed E-state index contributed by atoms with van der Waals surface area (Å²) < 4.78 is 1.93. The molecule has 0 unspecified atom stereocenters. The van der Waals surface area contributed by atoms with Gasteiger partial charge >= 0.3 is 0 Å². The molecule has 84 valence electrons. The van der Waals surface area contributed by atoms with Gasteiger partial charge in [-0.25, -0.2) is 0 Å². The fraction of sp³-hybridized carbons (Fsp3) is 0.200. The van der Waals surface area contributed by atoms with Crippen molar-refractivity contribution in [3.63, 3.8) is 0 Å². The first-order valence-corrected chi connectivity index (χ1v) is 6.31. The molecule has 2 N–H and O–H groups in total. The summed E-state index contributed by atoms with van der Waals surface area (Å²) in [5.41, 5.74) is 2.05. The van der Waals surface area contributed by atoms with Gasteiger partial charge in [0.1, 0.15) is 0 Å². The highest BCUT2D eigenvalue weighted by atomic mass is 32.1. The largest absolute Gasteiger partial charge is 0.355 e. The van der Waals surface area contributed by atoms with Gasteiger partial charge in [0.2, 0.25) is 0 Å². The number of hydrogen-bond donors (Lipinski definition) is 2. The Kier molecular flexibility index (Phi) is 3.22. The van der Waals surface area contributed by atoms with E-state index in [9.17, 15) is 0 Å². The molecule has 6 heteroatoms. The normalized spacial score (nSPS) is 10.4. The van der Waals surface area contributed by atoms with Crippen molar-refractivity contribution in [3.05, 3.63) is 22.2 Å². The van der Waals surface area contributed by atoms with Gasteiger partial charge in [-0.05, 0) is 42.6 Å². The number of aromatic amines is 1. The van der Waals surface area contributed by atoms with Crippen molar-refractivity contribution in [2.45, 2.75) is 0 Å². The zero-order chi connectivity index (χ0) is 11.7. The number of fused-ring (bicyclic) bond motifs is 1. The van der Waals surface area contributed by atoms with E-state index >= 15 is 0 Å². The number of hydrogen-bond acceptors (Lipinski definition) is 3. The van der Waals surface area contributed by atoms with E-state index < -0.39 is 0 Å². The Labute approximate surface area is 108 Å². The summed E-state index contributed by atoms with van der Waals surface area (Å²) in [5.74, 6) is 0. The molecule has 0 aliphatic heterocycles. The molecule has 0 saturated carbocycles. The number of nitrogens with one attached hydrogen (secondary N) is 2. The summed E-state index contributed by atoms with van der Waals surface area (Å²) in [6.07, 6.45) is 0. The number of anilines is 1. The standard InChI is InChI=1S/C10H11N3S3/c1-13(2)9(14)11-6-3-4-7-8(5-6)16-10(15)12-7/h3-5H,1-2H3,(H,11,14)(H,12,15). The Morgan fingerprint density at radius 3 is 2.88 bits per heavy atom. The van der Waals surface area contributed by atoms with Gasteiger partial charge in [-0.1, -0.05) is 0 Å². The fourth-order valence-electron chi connectivity index (χ4n) is 1.26. The van der Waals surface area contributed by atoms with E-state index in [-0.39, 0.29) is 0 Å². The van der Waals surface area contributed by atoms with Crippen LogP contribution in [0.1, 0.15) is 0 Å². The Balaban J connectivity index is 2.32. The highest BCUT2D eigenvalue weighted by molar-refractivity contribution is 7.80. The van der Waals surface area contributed by atoms with E-state index in [1.165, 1.54) is 0 Å². The van der Waals surface area contributed by atoms with E-state index in [4.69, 9.17) is 24.4 Å². The molecule has 0 bridgehead atoms. The topological polar surface area (TPSA) is 31.1 Å². The summed E-state index contributed by atoms with van der Waals surface area (Å²) in [4.78, 5) is 4.98. The van der Waals surface area contributed by atoms with Gasteiger partial charge in [-0.15, -0.1) is 11.3 Å². The van der Waals surface area contributed by atoms with Gasteiger partial charge in [0, 0.05) is 19.8 Å². The van der Waals surface area contributed by atoms with Crippen LogP contribution in [0.15, 0.2) is 18.2 Å². The Morgan fingerprint density at radius 2 is 2.19 bits per heavy atom. The molecule has 0 fully saturated rings. The lowest BCUT2D eigenvalue weighted by Crippen LogP contribution is -2.26. The number of thiazole rings is 1. The van der Waals surface area contributed by atoms with Gasteiger partial charge in [0.25, 0.3) is 0 Å². The first kappa shape index (κ1) is 11.5. The van der Waals surface area contributed by atoms with Crippen molar-refractivity contribution in [1.82, 2.24) is 9.88 Å². The number of H-pyrrole nitrogens is 1. The molecule has 0 aliphatic carbocycles. The molecule has 16 heavy (non-hydrogen) atoms. The molecule has 0 spiro atoms. The quantitative estimate of drug-likeness (QED) is 0.778. The average Bonchev–Trinajstić information content (AvgIpc) is 2.57. The van der Waals surface area contributed by atoms with Crippen LogP contribution in [-0.4, -0.2) is 29.1 Å². The van der Waals surface area contributed by atoms with Gasteiger partial charge < -0.3 is 15.2 Å². The maximum absolute atomic E-state index is 5.18. The Bertz CT molecular complexity index is 582. The second-order valence-electron chi connectivity index (χ2n) is 3.55. The van der Waals surface area contributed by atoms with Crippen LogP contribution < -0.4 is 5.32 Å². The molecular weight excluding hydrogens is 258 g/mol. The van der Waals surface area contributed by atoms with Gasteiger partial charge in [-0.2, -0.15) is 0 Å². The van der Waals surface area contributed by atoms with Crippen molar-refractivity contribution < 1.29 is 0 Å². The number of rotatable bonds is 1. The molecule has 2 rings (SSSR count). The number of nitrogens with zero attached hydrogens (tertiary/aromatic N) is 1. The van der Waals surface area contributed by atoms with Gasteiger partial charge in [0.15, 0.2) is 9.07 Å². The van der Waals surface area contributed by atoms with Crippen LogP contribution in [0, 0.1) is 3.95 Å². The van der Waals surface area contributed by atoms with E-state index in [1.807, 2.05) is 37.2 Å². The zero-order valence-electron chi connectivity index (χ0n) is 8.90. The molecule has 0 aliphatic rings. The molecule has 0 saturated heterocycles. The van der Waals surface area contributed by atoms with Crippen LogP contribution in [0.25, 0.3) is 10.2 Å². The summed E-state index contributed by atoms with van der Waals surface area (Å²) >= 11 is 11.8. The van der Waals surface area contributed by atoms with Crippen molar-refractivity contribution in [2.24, 2.45) is 0 Å². The van der Waals surface area contributed by atoms with Crippen molar-refractivity contribution in [3.8, 4) is 0 Å². The minimum Gasteiger partial charge on any atom is -0.355 e. The third-order valence-corrected chi connectivity index (χ3v) is 3.74. The summed E-state index contributed by atoms with van der Waals surface area (Å²) in [6.45, 7) is 0. The van der Waals surface area contributed by atoms with Crippen molar-refractivity contribution in [1.29, 1.82) is 0 Å². The minimum absolute atomic E-state index is 0.693. The molecule has 0 radical (unpaired) electrons. The van der Waals surface area contributed by atoms with Gasteiger partial charge in [-0.3, -0.25) is 0 Å². The number of benzene rings is 1. The molecule has 3 nitrogen and oxygen atoms in total. The lowest BCUT2D eigenvalue weighted by atomic mass is 10.3. The first-order chi connectivity index (χ1) is 7.56. The number of aromatic nitrogens is 1. The molecule has 0 amide bonds. The van der Waals surface area contributed by atoms with E-state index in [1.54, 1.807) is 11.3 Å². The minimum atomic E-state index is 0.693. The monoisotopic (exact) mass is 269 g/mol. The van der Waals surface area contributed by atoms with Crippen molar-refractivity contribution >= 4 is 56.8 Å². The number of thiocarbonyl (C=S) groups is 1. The third kappa shape index (κ3) is 2.40. The SMILES string of the molecule is CN(C)C(=S)Nc1ccc2[nH]c(=S)sc2c1. The fourth-order valence-corrected chi connectivity index (χ4v) is 2.53. The maximum Gasteiger partial charge on any atom is 0.172 e. The van der Waals surface area contributed by atoms with E-state index in [0.29, 0.717) is 5.11 Å². The zero-order valence-corrected chi connectivity index (χ0v) is 11.4. The highest BCUT2D eigenvalue weighted by Crippen LogP contribution is 2.23. The summed E-state index contributed by atoms with van der Waals surface area (Å²) in [5, 5.41) is 3.85. The lowest BCUT2D eigenvalue weighted by molar-refractivity contribution is 0.634. The maximum atomic E-state index is 5.18. The predicted molar refractivity (Wildman–Crippen MR) is 76.9 cm³/mol. The molecule has 2 aromatic rings. The summed E-state index contributed by atoms with van der Waals surface area (Å²) in [6, 6.07) is 6.03. The molecule has 1 aromatic heterocycles. The molecule has 1 heterocycles. The van der Waals surface area contributed by atoms with Crippen LogP contribution in [-0.2, 0) is 0 Å². The first-order valence-electron chi connectivity index (χ1n) is 4.67. The lowest BCUT2D eigenvalue weighted by Gasteiger charge is -2.15. The van der Waals surface area contributed by atoms with E-state index in [0.717, 1.165) is 19.9 Å². The second-order valence-corrected chi connectivity index (χ2v) is 5.66. The van der Waals surface area contributed by atoms with Crippen LogP contribution in [0.4, 0.5) is 5.69 Å². The highest BCUT2D eigenvalue weighted by Gasteiger charge is 2.02. The third-order valence-electron chi connectivity index (χ3n) is 2.08. The molecular formula is C10H11N3S3. The van der Waals surface area contributed by atoms with Crippen LogP contribution in [0.5, 0.6) is 0 Å². The molecule has 0 atom stereocenters. The van der Waals surface area contributed by atoms with E-state index in [2.05, 4.69) is 10.3 Å². The van der Waals surface area contributed by atoms with Gasteiger partial charge in [0.05, 0.1) is 10.2 Å². The summed E-state index contributed by atoms with van der Waals surface area (Å²) in [7, 11) is 3.82. The smallest absolute Gasteiger partial charge is 0.172 e. The Morgan fingerprint density at radius 1 is 1.44 bits per heavy atom. The van der Waals surface area contributed by atoms with Crippen LogP contribution in [0.3, 0.4) is 0 Å². The second kappa shape index (κ2) is 4.48. The molecule has 1 aromatic carbocycles. The Hall–Kier alpha value is -0.980. The van der Waals surface area contributed by atoms with Crippen LogP contribution in [0.2, 0.25) is 0 Å². The van der Waals surface area contributed by atoms with Crippen molar-refractivity contribution in [2.75, 3.05) is 19.4 Å². The van der Waals surface area contributed by atoms with Crippen LogP contribution >= 0.6 is 35.8 Å². The average molecular weight is 269 g/mol.